The highest BCUT2D eigenvalue weighted by molar-refractivity contribution is 9.09. The molecule has 4 rings (SSSR count). The highest BCUT2D eigenvalue weighted by atomic mass is 79.9. The van der Waals surface area contributed by atoms with E-state index in [-0.39, 0.29) is 0 Å². The van der Waals surface area contributed by atoms with Gasteiger partial charge < -0.3 is 0 Å². The average molecular weight is 297 g/mol. The molecule has 0 aliphatic heterocycles. The Kier molecular flexibility index (Phi) is 2.25. The molecule has 0 amide bonds. The summed E-state index contributed by atoms with van der Waals surface area (Å²) in [5, 5.41) is 5.67. The molecule has 0 atom stereocenters. The predicted octanol–water partition coefficient (Wildman–Crippen LogP) is 4.86. The molecule has 1 aliphatic carbocycles. The van der Waals surface area contributed by atoms with Crippen LogP contribution in [0.2, 0.25) is 0 Å². The first kappa shape index (κ1) is 10.6. The number of halogens is 1. The van der Waals surface area contributed by atoms with Gasteiger partial charge in [-0.15, -0.1) is 0 Å². The van der Waals surface area contributed by atoms with Crippen molar-refractivity contribution in [2.24, 2.45) is 0 Å². The smallest absolute Gasteiger partial charge is 0.0227 e. The summed E-state index contributed by atoms with van der Waals surface area (Å²) in [6.07, 6.45) is 2.31. The molecule has 0 unspecified atom stereocenters. The number of benzene rings is 3. The number of hydrogen-bond acceptors (Lipinski definition) is 0. The Morgan fingerprint density at radius 3 is 1.50 bits per heavy atom. The third kappa shape index (κ3) is 1.37. The van der Waals surface area contributed by atoms with Crippen molar-refractivity contribution >= 4 is 37.5 Å². The fourth-order valence-electron chi connectivity index (χ4n) is 3.27. The minimum absolute atomic E-state index is 0.599. The van der Waals surface area contributed by atoms with Crippen LogP contribution in [-0.2, 0) is 12.8 Å². The van der Waals surface area contributed by atoms with Gasteiger partial charge in [-0.2, -0.15) is 0 Å². The lowest BCUT2D eigenvalue weighted by molar-refractivity contribution is 0.957. The van der Waals surface area contributed by atoms with Crippen LogP contribution < -0.4 is 0 Å². The van der Waals surface area contributed by atoms with Gasteiger partial charge in [0.15, 0.2) is 0 Å². The van der Waals surface area contributed by atoms with Gasteiger partial charge in [0, 0.05) is 4.83 Å². The summed E-state index contributed by atoms with van der Waals surface area (Å²) < 4.78 is 0. The zero-order chi connectivity index (χ0) is 12.1. The maximum absolute atomic E-state index is 3.79. The number of rotatable bonds is 0. The van der Waals surface area contributed by atoms with Gasteiger partial charge in [-0.05, 0) is 45.5 Å². The Bertz CT molecular complexity index is 693. The summed E-state index contributed by atoms with van der Waals surface area (Å²) in [5.41, 5.74) is 3.09. The van der Waals surface area contributed by atoms with Crippen molar-refractivity contribution in [3.8, 4) is 0 Å². The molecule has 0 heterocycles. The van der Waals surface area contributed by atoms with Crippen molar-refractivity contribution in [2.45, 2.75) is 17.7 Å². The van der Waals surface area contributed by atoms with Crippen LogP contribution in [0.4, 0.5) is 0 Å². The molecule has 0 saturated heterocycles. The molecule has 18 heavy (non-hydrogen) atoms. The summed E-state index contributed by atoms with van der Waals surface area (Å²) in [6.45, 7) is 0. The molecule has 1 aliphatic rings. The van der Waals surface area contributed by atoms with E-state index in [0.29, 0.717) is 4.83 Å². The van der Waals surface area contributed by atoms with Crippen molar-refractivity contribution in [1.29, 1.82) is 0 Å². The number of fused-ring (bicyclic) bond motifs is 6. The maximum atomic E-state index is 3.79. The highest BCUT2D eigenvalue weighted by Crippen LogP contribution is 2.39. The van der Waals surface area contributed by atoms with Crippen molar-refractivity contribution in [3.05, 3.63) is 59.7 Å². The lowest BCUT2D eigenvalue weighted by atomic mass is 9.93. The molecule has 0 fully saturated rings. The molecule has 0 spiro atoms. The Morgan fingerprint density at radius 2 is 1.06 bits per heavy atom. The Balaban J connectivity index is 2.27. The first-order chi connectivity index (χ1) is 8.84. The Morgan fingerprint density at radius 1 is 0.667 bits per heavy atom. The van der Waals surface area contributed by atoms with Gasteiger partial charge in [0.25, 0.3) is 0 Å². The van der Waals surface area contributed by atoms with Crippen LogP contribution in [0.1, 0.15) is 11.1 Å². The fraction of sp³-hybridized carbons (Fsp3) is 0.176. The summed E-state index contributed by atoms with van der Waals surface area (Å²) >= 11 is 3.79. The molecular weight excluding hydrogens is 284 g/mol. The molecule has 0 aromatic heterocycles. The second kappa shape index (κ2) is 3.83. The molecule has 88 valence electrons. The van der Waals surface area contributed by atoms with E-state index in [1.807, 2.05) is 0 Å². The van der Waals surface area contributed by atoms with Crippen molar-refractivity contribution in [2.75, 3.05) is 0 Å². The highest BCUT2D eigenvalue weighted by Gasteiger charge is 2.23. The molecule has 0 nitrogen and oxygen atoms in total. The van der Waals surface area contributed by atoms with E-state index in [9.17, 15) is 0 Å². The second-order valence-electron chi connectivity index (χ2n) is 5.05. The molecule has 3 aromatic carbocycles. The molecule has 0 bridgehead atoms. The number of hydrogen-bond donors (Lipinski definition) is 0. The zero-order valence-corrected chi connectivity index (χ0v) is 11.6. The summed E-state index contributed by atoms with van der Waals surface area (Å²) in [7, 11) is 0. The van der Waals surface area contributed by atoms with Crippen molar-refractivity contribution < 1.29 is 0 Å². The van der Waals surface area contributed by atoms with Crippen LogP contribution in [-0.4, -0.2) is 4.83 Å². The second-order valence-corrected chi connectivity index (χ2v) is 6.35. The van der Waals surface area contributed by atoms with E-state index in [0.717, 1.165) is 12.8 Å². The van der Waals surface area contributed by atoms with E-state index >= 15 is 0 Å². The lowest BCUT2D eigenvalue weighted by Gasteiger charge is -2.11. The van der Waals surface area contributed by atoms with E-state index in [1.165, 1.54) is 21.5 Å². The first-order valence-corrected chi connectivity index (χ1v) is 7.31. The average Bonchev–Trinajstić information content (AvgIpc) is 2.81. The van der Waals surface area contributed by atoms with Crippen molar-refractivity contribution in [1.82, 2.24) is 0 Å². The molecule has 0 N–H and O–H groups in total. The molecule has 0 saturated carbocycles. The van der Waals surface area contributed by atoms with Crippen LogP contribution in [0.5, 0.6) is 0 Å². The van der Waals surface area contributed by atoms with Gasteiger partial charge in [-0.3, -0.25) is 0 Å². The molecule has 0 radical (unpaired) electrons. The van der Waals surface area contributed by atoms with E-state index in [1.54, 1.807) is 11.1 Å². The fourth-order valence-corrected chi connectivity index (χ4v) is 3.92. The van der Waals surface area contributed by atoms with Gasteiger partial charge in [-0.1, -0.05) is 64.5 Å². The Hall–Kier alpha value is -1.34. The van der Waals surface area contributed by atoms with Gasteiger partial charge in [-0.25, -0.2) is 0 Å². The van der Waals surface area contributed by atoms with Gasteiger partial charge in [0.1, 0.15) is 0 Å². The standard InChI is InChI=1S/C17H13Br/c18-11-9-16-14-7-3-1-5-12(14)13-6-2-4-8-15(13)17(16)10-11/h1-8,11H,9-10H2. The normalized spacial score (nSPS) is 15.4. The lowest BCUT2D eigenvalue weighted by Crippen LogP contribution is -1.93. The minimum Gasteiger partial charge on any atom is -0.0883 e. The van der Waals surface area contributed by atoms with Gasteiger partial charge in [0.2, 0.25) is 0 Å². The molecule has 3 aromatic rings. The van der Waals surface area contributed by atoms with E-state index in [2.05, 4.69) is 64.5 Å². The SMILES string of the molecule is BrC1Cc2c(c3ccccc3c3ccccc23)C1. The van der Waals surface area contributed by atoms with Crippen LogP contribution >= 0.6 is 15.9 Å². The predicted molar refractivity (Wildman–Crippen MR) is 81.6 cm³/mol. The van der Waals surface area contributed by atoms with E-state index < -0.39 is 0 Å². The summed E-state index contributed by atoms with van der Waals surface area (Å²) in [4.78, 5) is 0.599. The minimum atomic E-state index is 0.599. The maximum Gasteiger partial charge on any atom is 0.0227 e. The molecular formula is C17H13Br. The first-order valence-electron chi connectivity index (χ1n) is 6.40. The monoisotopic (exact) mass is 296 g/mol. The van der Waals surface area contributed by atoms with Gasteiger partial charge >= 0.3 is 0 Å². The van der Waals surface area contributed by atoms with Gasteiger partial charge in [0.05, 0.1) is 0 Å². The quantitative estimate of drug-likeness (QED) is 0.411. The zero-order valence-electron chi connectivity index (χ0n) is 9.99. The molecule has 1 heteroatoms. The number of alkyl halides is 1. The van der Waals surface area contributed by atoms with Crippen molar-refractivity contribution in [3.63, 3.8) is 0 Å². The summed E-state index contributed by atoms with van der Waals surface area (Å²) in [6, 6.07) is 17.6. The summed E-state index contributed by atoms with van der Waals surface area (Å²) in [5.74, 6) is 0. The van der Waals surface area contributed by atoms with Crippen LogP contribution in [0.25, 0.3) is 21.5 Å². The van der Waals surface area contributed by atoms with Crippen LogP contribution in [0.3, 0.4) is 0 Å². The third-order valence-corrected chi connectivity index (χ3v) is 4.66. The third-order valence-electron chi connectivity index (χ3n) is 4.01. The largest absolute Gasteiger partial charge is 0.0883 e. The van der Waals surface area contributed by atoms with E-state index in [4.69, 9.17) is 0 Å². The topological polar surface area (TPSA) is 0 Å². The Labute approximate surface area is 115 Å². The van der Waals surface area contributed by atoms with Crippen LogP contribution in [0, 0.1) is 0 Å². The van der Waals surface area contributed by atoms with Crippen LogP contribution in [0.15, 0.2) is 48.5 Å².